The minimum Gasteiger partial charge on any atom is -0.506 e. The Morgan fingerprint density at radius 3 is 2.74 bits per heavy atom. The first-order valence-electron chi connectivity index (χ1n) is 11.0. The van der Waals surface area contributed by atoms with Gasteiger partial charge in [0, 0.05) is 29.7 Å². The molecule has 1 N–H and O–H groups in total. The fourth-order valence-electron chi connectivity index (χ4n) is 5.44. The largest absolute Gasteiger partial charge is 0.506 e. The van der Waals surface area contributed by atoms with Crippen LogP contribution in [0.5, 0.6) is 11.5 Å². The molecule has 2 aliphatic rings. The van der Waals surface area contributed by atoms with Crippen molar-refractivity contribution in [1.82, 2.24) is 4.57 Å². The van der Waals surface area contributed by atoms with Crippen LogP contribution in [-0.4, -0.2) is 21.4 Å². The highest BCUT2D eigenvalue weighted by atomic mass is 16.5. The minimum atomic E-state index is -0.827. The normalized spacial score (nSPS) is 16.6. The lowest BCUT2D eigenvalue weighted by atomic mass is 9.82. The van der Waals surface area contributed by atoms with Gasteiger partial charge in [-0.2, -0.15) is 0 Å². The Bertz CT molecular complexity index is 1720. The molecule has 0 saturated heterocycles. The van der Waals surface area contributed by atoms with Crippen molar-refractivity contribution >= 4 is 33.6 Å². The maximum Gasteiger partial charge on any atom is 0.336 e. The number of aromatic nitrogens is 1. The summed E-state index contributed by atoms with van der Waals surface area (Å²) in [4.78, 5) is 51.1. The van der Waals surface area contributed by atoms with Crippen LogP contribution in [0.4, 0.5) is 0 Å². The topological polar surface area (TPSA) is 116 Å². The number of aryl methyl sites for hydroxylation is 3. The number of para-hydroxylation sites is 1. The predicted octanol–water partition coefficient (Wildman–Crippen LogP) is 3.32. The number of Topliss-reactive ketones (excluding diaryl/α,β-unsaturated/α-hetero) is 1. The van der Waals surface area contributed by atoms with Gasteiger partial charge in [0.15, 0.2) is 11.5 Å². The summed E-state index contributed by atoms with van der Waals surface area (Å²) in [6, 6.07) is 8.80. The first-order valence-corrected chi connectivity index (χ1v) is 11.0. The smallest absolute Gasteiger partial charge is 0.336 e. The molecule has 0 spiro atoms. The Labute approximate surface area is 192 Å². The number of benzene rings is 2. The standard InChI is InChI=1S/C26H19NO7/c1-11-8-17(29)33-24-19(11)23(31)20(12(2)28)25-21(24)15(10-18(30)34-25)16-9-14-5-3-4-13-6-7-27(22(13)14)26(16)32/h3-5,8-9,15,31H,6-7,10H2,1-2H3. The van der Waals surface area contributed by atoms with Gasteiger partial charge in [-0.25, -0.2) is 4.79 Å². The van der Waals surface area contributed by atoms with E-state index in [2.05, 4.69) is 0 Å². The molecule has 0 radical (unpaired) electrons. The number of hydrogen-bond acceptors (Lipinski definition) is 7. The van der Waals surface area contributed by atoms with Gasteiger partial charge in [-0.3, -0.25) is 14.4 Å². The number of ketones is 1. The van der Waals surface area contributed by atoms with E-state index in [0.717, 1.165) is 22.9 Å². The summed E-state index contributed by atoms with van der Waals surface area (Å²) in [5.74, 6) is -2.58. The number of hydrogen-bond donors (Lipinski definition) is 1. The molecule has 34 heavy (non-hydrogen) atoms. The van der Waals surface area contributed by atoms with Gasteiger partial charge in [0.1, 0.15) is 16.9 Å². The predicted molar refractivity (Wildman–Crippen MR) is 123 cm³/mol. The summed E-state index contributed by atoms with van der Waals surface area (Å²) >= 11 is 0. The third kappa shape index (κ3) is 2.65. The average Bonchev–Trinajstić information content (AvgIpc) is 3.20. The van der Waals surface area contributed by atoms with Crippen LogP contribution in [0.1, 0.15) is 51.9 Å². The number of carbonyl (C=O) groups excluding carboxylic acids is 2. The molecule has 4 aromatic rings. The molecule has 2 aliphatic heterocycles. The molecule has 2 aromatic carbocycles. The van der Waals surface area contributed by atoms with Crippen LogP contribution in [0.2, 0.25) is 0 Å². The third-order valence-corrected chi connectivity index (χ3v) is 6.84. The number of fused-ring (bicyclic) bond motifs is 3. The second kappa shape index (κ2) is 6.90. The van der Waals surface area contributed by atoms with Crippen LogP contribution in [-0.2, 0) is 17.8 Å². The van der Waals surface area contributed by atoms with Gasteiger partial charge in [0.25, 0.3) is 5.56 Å². The van der Waals surface area contributed by atoms with Crippen LogP contribution in [0, 0.1) is 6.92 Å². The molecule has 0 saturated carbocycles. The Hall–Kier alpha value is -4.20. The molecule has 8 heteroatoms. The number of rotatable bonds is 2. The van der Waals surface area contributed by atoms with E-state index in [1.165, 1.54) is 13.0 Å². The molecule has 1 atom stereocenters. The van der Waals surface area contributed by atoms with Crippen molar-refractivity contribution in [2.24, 2.45) is 0 Å². The Morgan fingerprint density at radius 1 is 1.18 bits per heavy atom. The lowest BCUT2D eigenvalue weighted by molar-refractivity contribution is -0.135. The summed E-state index contributed by atoms with van der Waals surface area (Å²) in [5, 5.41) is 12.0. The molecule has 0 aliphatic carbocycles. The van der Waals surface area contributed by atoms with E-state index in [9.17, 15) is 24.3 Å². The maximum absolute atomic E-state index is 13.6. The van der Waals surface area contributed by atoms with E-state index in [0.29, 0.717) is 17.7 Å². The SMILES string of the molecule is CC(=O)c1c2c(c3oc(=O)cc(C)c3c1O)C(c1cc3cccc4c3n(c1=O)CC4)CC(=O)O2. The molecule has 8 nitrogen and oxygen atoms in total. The lowest BCUT2D eigenvalue weighted by Gasteiger charge is -2.28. The lowest BCUT2D eigenvalue weighted by Crippen LogP contribution is -2.30. The van der Waals surface area contributed by atoms with Gasteiger partial charge in [-0.15, -0.1) is 0 Å². The summed E-state index contributed by atoms with van der Waals surface area (Å²) in [5.41, 5.74) is 1.88. The number of aromatic hydroxyl groups is 1. The molecular weight excluding hydrogens is 438 g/mol. The number of phenols is 1. The highest BCUT2D eigenvalue weighted by Crippen LogP contribution is 2.49. The first kappa shape index (κ1) is 20.4. The Balaban J connectivity index is 1.77. The molecule has 6 rings (SSSR count). The highest BCUT2D eigenvalue weighted by molar-refractivity contribution is 6.09. The van der Waals surface area contributed by atoms with Crippen molar-refractivity contribution in [2.75, 3.05) is 0 Å². The second-order valence-electron chi connectivity index (χ2n) is 8.87. The van der Waals surface area contributed by atoms with E-state index in [1.54, 1.807) is 17.6 Å². The monoisotopic (exact) mass is 457 g/mol. The second-order valence-corrected chi connectivity index (χ2v) is 8.87. The molecule has 1 unspecified atom stereocenters. The average molecular weight is 457 g/mol. The zero-order chi connectivity index (χ0) is 23.9. The summed E-state index contributed by atoms with van der Waals surface area (Å²) in [7, 11) is 0. The van der Waals surface area contributed by atoms with Crippen molar-refractivity contribution in [1.29, 1.82) is 0 Å². The quantitative estimate of drug-likeness (QED) is 0.212. The number of nitrogens with zero attached hydrogens (tertiary/aromatic N) is 1. The van der Waals surface area contributed by atoms with Crippen LogP contribution >= 0.6 is 0 Å². The number of ether oxygens (including phenoxy) is 1. The van der Waals surface area contributed by atoms with Gasteiger partial charge >= 0.3 is 11.6 Å². The number of carbonyl (C=O) groups is 2. The van der Waals surface area contributed by atoms with Crippen molar-refractivity contribution in [2.45, 2.75) is 39.2 Å². The molecule has 0 bridgehead atoms. The van der Waals surface area contributed by atoms with Gasteiger partial charge in [0.2, 0.25) is 0 Å². The number of phenolic OH excluding ortho intramolecular Hbond substituents is 1. The van der Waals surface area contributed by atoms with Gasteiger partial charge in [-0.05, 0) is 42.8 Å². The minimum absolute atomic E-state index is 0.00895. The summed E-state index contributed by atoms with van der Waals surface area (Å²) in [6.07, 6.45) is 0.557. The molecule has 0 fully saturated rings. The number of pyridine rings is 1. The van der Waals surface area contributed by atoms with Crippen molar-refractivity contribution in [3.05, 3.63) is 78.9 Å². The van der Waals surface area contributed by atoms with Gasteiger partial charge in [0.05, 0.1) is 17.3 Å². The fourth-order valence-corrected chi connectivity index (χ4v) is 5.44. The van der Waals surface area contributed by atoms with Gasteiger partial charge in [-0.1, -0.05) is 18.2 Å². The Morgan fingerprint density at radius 2 is 1.97 bits per heavy atom. The van der Waals surface area contributed by atoms with Crippen LogP contribution < -0.4 is 15.9 Å². The van der Waals surface area contributed by atoms with Crippen LogP contribution in [0.3, 0.4) is 0 Å². The molecular formula is C26H19NO7. The highest BCUT2D eigenvalue weighted by Gasteiger charge is 2.39. The van der Waals surface area contributed by atoms with E-state index in [4.69, 9.17) is 9.15 Å². The maximum atomic E-state index is 13.6. The molecule has 170 valence electrons. The van der Waals surface area contributed by atoms with Crippen molar-refractivity contribution in [3.63, 3.8) is 0 Å². The number of esters is 1. The zero-order valence-electron chi connectivity index (χ0n) is 18.4. The van der Waals surface area contributed by atoms with Crippen LogP contribution in [0.15, 0.2) is 44.3 Å². The van der Waals surface area contributed by atoms with Crippen molar-refractivity contribution in [3.8, 4) is 11.5 Å². The summed E-state index contributed by atoms with van der Waals surface area (Å²) in [6.45, 7) is 3.39. The third-order valence-electron chi connectivity index (χ3n) is 6.84. The first-order chi connectivity index (χ1) is 16.3. The van der Waals surface area contributed by atoms with E-state index >= 15 is 0 Å². The molecule has 0 amide bonds. The Kier molecular flexibility index (Phi) is 4.14. The molecule has 2 aromatic heterocycles. The van der Waals surface area contributed by atoms with E-state index in [-0.39, 0.29) is 39.8 Å². The fraction of sp³-hybridized carbons (Fsp3) is 0.231. The molecule has 4 heterocycles. The zero-order valence-corrected chi connectivity index (χ0v) is 18.4. The van der Waals surface area contributed by atoms with Crippen LogP contribution in [0.25, 0.3) is 21.9 Å². The van der Waals surface area contributed by atoms with Gasteiger partial charge < -0.3 is 18.8 Å². The van der Waals surface area contributed by atoms with E-state index in [1.807, 2.05) is 18.2 Å². The summed E-state index contributed by atoms with van der Waals surface area (Å²) < 4.78 is 12.7. The van der Waals surface area contributed by atoms with Crippen molar-refractivity contribution < 1.29 is 23.8 Å². The van der Waals surface area contributed by atoms with E-state index < -0.39 is 29.0 Å².